The van der Waals surface area contributed by atoms with Gasteiger partial charge in [0.1, 0.15) is 0 Å². The standard InChI is InChI=1S/C18H30N4/c1-4-11-20-18(19-5-2)21-17-12-15(3)22(14-17)13-16-9-7-6-8-10-16/h6-10,15,17H,4-5,11-14H2,1-3H3,(H2,19,20,21). The van der Waals surface area contributed by atoms with Crippen LogP contribution in [-0.2, 0) is 6.54 Å². The Kier molecular flexibility index (Phi) is 6.72. The Bertz CT molecular complexity index is 457. The minimum atomic E-state index is 0.480. The zero-order chi connectivity index (χ0) is 15.8. The van der Waals surface area contributed by atoms with Gasteiger partial charge in [0.25, 0.3) is 0 Å². The third-order valence-electron chi connectivity index (χ3n) is 4.11. The van der Waals surface area contributed by atoms with Gasteiger partial charge in [0.05, 0.1) is 0 Å². The van der Waals surface area contributed by atoms with E-state index in [4.69, 9.17) is 0 Å². The summed E-state index contributed by atoms with van der Waals surface area (Å²) in [6.45, 7) is 10.5. The van der Waals surface area contributed by atoms with Gasteiger partial charge in [0.2, 0.25) is 0 Å². The van der Waals surface area contributed by atoms with Crippen molar-refractivity contribution in [2.24, 2.45) is 4.99 Å². The molecule has 0 aromatic heterocycles. The van der Waals surface area contributed by atoms with Gasteiger partial charge in [0.15, 0.2) is 5.96 Å². The van der Waals surface area contributed by atoms with Gasteiger partial charge >= 0.3 is 0 Å². The monoisotopic (exact) mass is 302 g/mol. The molecule has 1 heterocycles. The maximum absolute atomic E-state index is 4.61. The van der Waals surface area contributed by atoms with Gasteiger partial charge in [-0.25, -0.2) is 0 Å². The van der Waals surface area contributed by atoms with Crippen molar-refractivity contribution in [3.63, 3.8) is 0 Å². The van der Waals surface area contributed by atoms with Crippen LogP contribution in [0.3, 0.4) is 0 Å². The second kappa shape index (κ2) is 8.79. The second-order valence-corrected chi connectivity index (χ2v) is 6.10. The number of rotatable bonds is 6. The van der Waals surface area contributed by atoms with Crippen LogP contribution in [0.15, 0.2) is 35.3 Å². The molecule has 0 saturated carbocycles. The molecule has 1 aliphatic heterocycles. The van der Waals surface area contributed by atoms with Gasteiger partial charge < -0.3 is 10.6 Å². The van der Waals surface area contributed by atoms with Gasteiger partial charge in [-0.1, -0.05) is 37.3 Å². The Morgan fingerprint density at radius 2 is 2.05 bits per heavy atom. The van der Waals surface area contributed by atoms with Crippen molar-refractivity contribution < 1.29 is 0 Å². The number of aliphatic imine (C=N–C) groups is 1. The summed E-state index contributed by atoms with van der Waals surface area (Å²) in [5.74, 6) is 0.961. The van der Waals surface area contributed by atoms with Crippen LogP contribution < -0.4 is 10.6 Å². The Hall–Kier alpha value is -1.55. The average Bonchev–Trinajstić information content (AvgIpc) is 2.86. The third-order valence-corrected chi connectivity index (χ3v) is 4.11. The van der Waals surface area contributed by atoms with Crippen molar-refractivity contribution in [2.75, 3.05) is 19.6 Å². The van der Waals surface area contributed by atoms with Crippen molar-refractivity contribution in [1.29, 1.82) is 0 Å². The number of benzene rings is 1. The fraction of sp³-hybridized carbons (Fsp3) is 0.611. The summed E-state index contributed by atoms with van der Waals surface area (Å²) in [5.41, 5.74) is 1.39. The van der Waals surface area contributed by atoms with Crippen LogP contribution in [0.4, 0.5) is 0 Å². The van der Waals surface area contributed by atoms with Crippen molar-refractivity contribution in [2.45, 2.75) is 52.2 Å². The van der Waals surface area contributed by atoms with Gasteiger partial charge in [-0.05, 0) is 32.3 Å². The van der Waals surface area contributed by atoms with E-state index in [1.807, 2.05) is 0 Å². The van der Waals surface area contributed by atoms with E-state index in [0.29, 0.717) is 12.1 Å². The van der Waals surface area contributed by atoms with Gasteiger partial charge in [-0.2, -0.15) is 0 Å². The number of hydrogen-bond donors (Lipinski definition) is 2. The smallest absolute Gasteiger partial charge is 0.191 e. The lowest BCUT2D eigenvalue weighted by Crippen LogP contribution is -2.44. The Labute approximate surface area is 135 Å². The molecule has 2 atom stereocenters. The predicted molar refractivity (Wildman–Crippen MR) is 94.1 cm³/mol. The van der Waals surface area contributed by atoms with Crippen LogP contribution in [0.5, 0.6) is 0 Å². The molecule has 2 rings (SSSR count). The van der Waals surface area contributed by atoms with E-state index >= 15 is 0 Å². The quantitative estimate of drug-likeness (QED) is 0.627. The first kappa shape index (κ1) is 16.8. The molecule has 1 aliphatic rings. The molecule has 0 aliphatic carbocycles. The zero-order valence-corrected chi connectivity index (χ0v) is 14.2. The molecule has 0 bridgehead atoms. The Morgan fingerprint density at radius 1 is 1.27 bits per heavy atom. The molecule has 22 heavy (non-hydrogen) atoms. The average molecular weight is 302 g/mol. The van der Waals surface area contributed by atoms with Crippen LogP contribution in [0.25, 0.3) is 0 Å². The van der Waals surface area contributed by atoms with E-state index in [9.17, 15) is 0 Å². The molecule has 1 fully saturated rings. The molecule has 0 amide bonds. The molecule has 0 spiro atoms. The van der Waals surface area contributed by atoms with E-state index in [1.165, 1.54) is 12.0 Å². The Balaban J connectivity index is 1.89. The zero-order valence-electron chi connectivity index (χ0n) is 14.2. The Morgan fingerprint density at radius 3 is 2.73 bits per heavy atom. The molecule has 1 saturated heterocycles. The summed E-state index contributed by atoms with van der Waals surface area (Å²) in [4.78, 5) is 7.16. The summed E-state index contributed by atoms with van der Waals surface area (Å²) in [6, 6.07) is 11.8. The number of guanidine groups is 1. The van der Waals surface area contributed by atoms with Crippen LogP contribution in [0, 0.1) is 0 Å². The first-order valence-corrected chi connectivity index (χ1v) is 8.55. The SMILES string of the molecule is CCCN=C(NCC)NC1CC(C)N(Cc2ccccc2)C1. The molecule has 4 nitrogen and oxygen atoms in total. The number of likely N-dealkylation sites (tertiary alicyclic amines) is 1. The highest BCUT2D eigenvalue weighted by atomic mass is 15.3. The molecule has 2 unspecified atom stereocenters. The highest BCUT2D eigenvalue weighted by Gasteiger charge is 2.29. The summed E-state index contributed by atoms with van der Waals surface area (Å²) >= 11 is 0. The fourth-order valence-corrected chi connectivity index (χ4v) is 2.98. The minimum Gasteiger partial charge on any atom is -0.357 e. The normalized spacial score (nSPS) is 22.8. The molecule has 2 N–H and O–H groups in total. The van der Waals surface area contributed by atoms with Crippen LogP contribution >= 0.6 is 0 Å². The van der Waals surface area contributed by atoms with Gasteiger partial charge in [0, 0.05) is 38.3 Å². The van der Waals surface area contributed by atoms with Crippen LogP contribution in [0.1, 0.15) is 39.2 Å². The molecule has 122 valence electrons. The summed E-state index contributed by atoms with van der Waals surface area (Å²) in [7, 11) is 0. The highest BCUT2D eigenvalue weighted by Crippen LogP contribution is 2.20. The maximum atomic E-state index is 4.61. The van der Waals surface area contributed by atoms with Crippen molar-refractivity contribution in [3.8, 4) is 0 Å². The minimum absolute atomic E-state index is 0.480. The first-order chi connectivity index (χ1) is 10.7. The van der Waals surface area contributed by atoms with Crippen LogP contribution in [0.2, 0.25) is 0 Å². The second-order valence-electron chi connectivity index (χ2n) is 6.10. The van der Waals surface area contributed by atoms with Gasteiger partial charge in [-0.15, -0.1) is 0 Å². The topological polar surface area (TPSA) is 39.7 Å². The highest BCUT2D eigenvalue weighted by molar-refractivity contribution is 5.80. The largest absolute Gasteiger partial charge is 0.357 e. The third kappa shape index (κ3) is 5.02. The predicted octanol–water partition coefficient (Wildman–Crippen LogP) is 2.61. The molecular formula is C18H30N4. The van der Waals surface area contributed by atoms with E-state index in [-0.39, 0.29) is 0 Å². The lowest BCUT2D eigenvalue weighted by atomic mass is 10.2. The number of nitrogens with one attached hydrogen (secondary N) is 2. The number of nitrogens with zero attached hydrogens (tertiary/aromatic N) is 2. The lowest BCUT2D eigenvalue weighted by molar-refractivity contribution is 0.258. The number of hydrogen-bond acceptors (Lipinski definition) is 2. The first-order valence-electron chi connectivity index (χ1n) is 8.55. The van der Waals surface area contributed by atoms with E-state index in [2.05, 4.69) is 71.6 Å². The summed E-state index contributed by atoms with van der Waals surface area (Å²) in [6.07, 6.45) is 2.25. The van der Waals surface area contributed by atoms with E-state index < -0.39 is 0 Å². The molecule has 1 aromatic rings. The molecule has 1 aromatic carbocycles. The molecular weight excluding hydrogens is 272 g/mol. The fourth-order valence-electron chi connectivity index (χ4n) is 2.98. The van der Waals surface area contributed by atoms with Crippen molar-refractivity contribution in [3.05, 3.63) is 35.9 Å². The maximum Gasteiger partial charge on any atom is 0.191 e. The lowest BCUT2D eigenvalue weighted by Gasteiger charge is -2.21. The van der Waals surface area contributed by atoms with E-state index in [0.717, 1.165) is 38.6 Å². The molecule has 0 radical (unpaired) electrons. The van der Waals surface area contributed by atoms with Crippen molar-refractivity contribution >= 4 is 5.96 Å². The van der Waals surface area contributed by atoms with Gasteiger partial charge in [-0.3, -0.25) is 9.89 Å². The van der Waals surface area contributed by atoms with Crippen molar-refractivity contribution in [1.82, 2.24) is 15.5 Å². The summed E-state index contributed by atoms with van der Waals surface area (Å²) < 4.78 is 0. The summed E-state index contributed by atoms with van der Waals surface area (Å²) in [5, 5.41) is 6.94. The molecule has 4 heteroatoms. The van der Waals surface area contributed by atoms with Crippen LogP contribution in [-0.4, -0.2) is 42.6 Å². The van der Waals surface area contributed by atoms with E-state index in [1.54, 1.807) is 0 Å².